The Morgan fingerprint density at radius 3 is 2.71 bits per heavy atom. The van der Waals surface area contributed by atoms with E-state index in [-0.39, 0.29) is 5.82 Å². The van der Waals surface area contributed by atoms with Gasteiger partial charge < -0.3 is 19.3 Å². The van der Waals surface area contributed by atoms with Gasteiger partial charge >= 0.3 is 0 Å². The molecule has 1 heterocycles. The van der Waals surface area contributed by atoms with Crippen LogP contribution in [0.15, 0.2) is 42.6 Å². The summed E-state index contributed by atoms with van der Waals surface area (Å²) in [4.78, 5) is 1.38. The average Bonchev–Trinajstić information content (AvgIpc) is 3.11. The fourth-order valence-electron chi connectivity index (χ4n) is 4.44. The van der Waals surface area contributed by atoms with Crippen molar-refractivity contribution in [3.63, 3.8) is 0 Å². The lowest BCUT2D eigenvalue weighted by Crippen LogP contribution is -3.12. The number of rotatable bonds is 10. The highest BCUT2D eigenvalue weighted by Crippen LogP contribution is 2.22. The lowest BCUT2D eigenvalue weighted by molar-refractivity contribution is -0.920. The Labute approximate surface area is 167 Å². The van der Waals surface area contributed by atoms with Crippen LogP contribution in [0.5, 0.6) is 0 Å². The van der Waals surface area contributed by atoms with Gasteiger partial charge in [0.2, 0.25) is 0 Å². The first-order valence-corrected chi connectivity index (χ1v) is 10.5. The molecule has 0 saturated heterocycles. The first-order chi connectivity index (χ1) is 13.7. The second-order valence-electron chi connectivity index (χ2n) is 8.17. The Morgan fingerprint density at radius 1 is 1.18 bits per heavy atom. The molecule has 3 rings (SSSR count). The van der Waals surface area contributed by atoms with E-state index >= 15 is 0 Å². The molecular weight excluding hydrogens is 355 g/mol. The number of hydrogen-bond donors (Lipinski definition) is 2. The van der Waals surface area contributed by atoms with Gasteiger partial charge in [0.15, 0.2) is 0 Å². The van der Waals surface area contributed by atoms with E-state index in [1.54, 1.807) is 13.2 Å². The molecule has 2 atom stereocenters. The van der Waals surface area contributed by atoms with Gasteiger partial charge in [-0.15, -0.1) is 0 Å². The van der Waals surface area contributed by atoms with Gasteiger partial charge in [-0.3, -0.25) is 0 Å². The second kappa shape index (κ2) is 10.7. The molecule has 1 fully saturated rings. The normalized spacial score (nSPS) is 17.5. The Morgan fingerprint density at radius 2 is 1.96 bits per heavy atom. The molecule has 0 radical (unpaired) electrons. The Hall–Kier alpha value is -1.69. The van der Waals surface area contributed by atoms with Crippen LogP contribution in [0.25, 0.3) is 0 Å². The topological polar surface area (TPSA) is 38.8 Å². The number of aliphatic hydroxyl groups excluding tert-OH is 1. The average molecular weight is 390 g/mol. The maximum absolute atomic E-state index is 14.1. The Bertz CT molecular complexity index is 712. The van der Waals surface area contributed by atoms with E-state index in [1.165, 1.54) is 48.8 Å². The van der Waals surface area contributed by atoms with Gasteiger partial charge in [-0.1, -0.05) is 37.5 Å². The highest BCUT2D eigenvalue weighted by atomic mass is 19.1. The fourth-order valence-corrected chi connectivity index (χ4v) is 4.44. The summed E-state index contributed by atoms with van der Waals surface area (Å²) < 4.78 is 21.3. The number of quaternary nitrogens is 1. The minimum atomic E-state index is -0.460. The third-order valence-corrected chi connectivity index (χ3v) is 5.84. The summed E-state index contributed by atoms with van der Waals surface area (Å²) in [5.41, 5.74) is 1.88. The molecule has 5 heteroatoms. The number of ether oxygens (including phenoxy) is 1. The molecule has 28 heavy (non-hydrogen) atoms. The number of aliphatic hydroxyl groups is 1. The number of methoxy groups -OCH3 is 1. The zero-order valence-electron chi connectivity index (χ0n) is 16.9. The summed E-state index contributed by atoms with van der Waals surface area (Å²) in [6, 6.07) is 11.1. The molecule has 2 N–H and O–H groups in total. The smallest absolute Gasteiger partial charge is 0.128 e. The van der Waals surface area contributed by atoms with Crippen molar-refractivity contribution in [1.82, 2.24) is 4.57 Å². The summed E-state index contributed by atoms with van der Waals surface area (Å²) >= 11 is 0. The lowest BCUT2D eigenvalue weighted by atomic mass is 9.89. The van der Waals surface area contributed by atoms with E-state index in [1.807, 2.05) is 24.4 Å². The number of halogens is 1. The van der Waals surface area contributed by atoms with Crippen LogP contribution >= 0.6 is 0 Å². The zero-order chi connectivity index (χ0) is 19.8. The van der Waals surface area contributed by atoms with Gasteiger partial charge in [0.1, 0.15) is 25.0 Å². The van der Waals surface area contributed by atoms with Gasteiger partial charge in [-0.05, 0) is 31.0 Å². The van der Waals surface area contributed by atoms with E-state index < -0.39 is 6.10 Å². The molecule has 1 unspecified atom stereocenters. The van der Waals surface area contributed by atoms with E-state index in [9.17, 15) is 9.50 Å². The van der Waals surface area contributed by atoms with Crippen LogP contribution in [0, 0.1) is 11.7 Å². The van der Waals surface area contributed by atoms with Gasteiger partial charge in [0.05, 0.1) is 25.4 Å². The van der Waals surface area contributed by atoms with Crippen molar-refractivity contribution in [2.75, 3.05) is 26.8 Å². The summed E-state index contributed by atoms with van der Waals surface area (Å²) in [6.07, 6.45) is 8.14. The largest absolute Gasteiger partial charge is 0.385 e. The first-order valence-electron chi connectivity index (χ1n) is 10.5. The zero-order valence-corrected chi connectivity index (χ0v) is 16.9. The van der Waals surface area contributed by atoms with Gasteiger partial charge in [0.25, 0.3) is 0 Å². The van der Waals surface area contributed by atoms with Crippen LogP contribution in [0.1, 0.15) is 43.4 Å². The van der Waals surface area contributed by atoms with Crippen LogP contribution in [-0.4, -0.2) is 42.6 Å². The van der Waals surface area contributed by atoms with E-state index in [0.29, 0.717) is 25.3 Å². The SMILES string of the molecule is COC[C@@H](O)C[NH+](Cc1cccn1Cc1ccccc1F)CC1CCCCC1. The predicted molar refractivity (Wildman–Crippen MR) is 109 cm³/mol. The molecule has 1 aromatic carbocycles. The number of nitrogens with one attached hydrogen (secondary N) is 1. The molecule has 154 valence electrons. The standard InChI is InChI=1S/C23H33FN2O2/c1-28-18-22(27)17-25(14-19-8-3-2-4-9-19)16-21-11-7-13-26(21)15-20-10-5-6-12-23(20)24/h5-7,10-13,19,22,27H,2-4,8-9,14-18H2,1H3/p+1/t22-/m0/s1. The molecule has 1 aromatic heterocycles. The van der Waals surface area contributed by atoms with Crippen molar-refractivity contribution in [2.45, 2.75) is 51.3 Å². The van der Waals surface area contributed by atoms with Gasteiger partial charge in [-0.25, -0.2) is 4.39 Å². The highest BCUT2D eigenvalue weighted by molar-refractivity contribution is 5.19. The van der Waals surface area contributed by atoms with Crippen molar-refractivity contribution in [3.05, 3.63) is 59.7 Å². The molecule has 0 bridgehead atoms. The number of nitrogens with zero attached hydrogens (tertiary/aromatic N) is 1. The van der Waals surface area contributed by atoms with Crippen molar-refractivity contribution in [3.8, 4) is 0 Å². The minimum absolute atomic E-state index is 0.163. The molecule has 0 aliphatic heterocycles. The number of hydrogen-bond acceptors (Lipinski definition) is 2. The number of benzene rings is 1. The van der Waals surface area contributed by atoms with Crippen molar-refractivity contribution in [2.24, 2.45) is 5.92 Å². The third kappa shape index (κ3) is 6.16. The maximum Gasteiger partial charge on any atom is 0.128 e. The van der Waals surface area contributed by atoms with Crippen molar-refractivity contribution < 1.29 is 19.1 Å². The van der Waals surface area contributed by atoms with Crippen LogP contribution in [-0.2, 0) is 17.8 Å². The van der Waals surface area contributed by atoms with Gasteiger partial charge in [-0.2, -0.15) is 0 Å². The van der Waals surface area contributed by atoms with Crippen LogP contribution < -0.4 is 4.90 Å². The van der Waals surface area contributed by atoms with E-state index in [0.717, 1.165) is 19.0 Å². The third-order valence-electron chi connectivity index (χ3n) is 5.84. The fraction of sp³-hybridized carbons (Fsp3) is 0.565. The van der Waals surface area contributed by atoms with Crippen molar-refractivity contribution in [1.29, 1.82) is 0 Å². The van der Waals surface area contributed by atoms with E-state index in [4.69, 9.17) is 4.74 Å². The molecule has 1 aliphatic rings. The summed E-state index contributed by atoms with van der Waals surface area (Å²) in [5.74, 6) is 0.567. The Kier molecular flexibility index (Phi) is 8.07. The quantitative estimate of drug-likeness (QED) is 0.656. The second-order valence-corrected chi connectivity index (χ2v) is 8.17. The minimum Gasteiger partial charge on any atom is -0.385 e. The first kappa shape index (κ1) is 21.0. The summed E-state index contributed by atoms with van der Waals surface area (Å²) in [7, 11) is 1.63. The van der Waals surface area contributed by atoms with Crippen LogP contribution in [0.3, 0.4) is 0 Å². The highest BCUT2D eigenvalue weighted by Gasteiger charge is 2.23. The molecule has 2 aromatic rings. The Balaban J connectivity index is 1.69. The molecular formula is C23H34FN2O2+. The lowest BCUT2D eigenvalue weighted by Gasteiger charge is -2.29. The van der Waals surface area contributed by atoms with Crippen LogP contribution in [0.2, 0.25) is 0 Å². The monoisotopic (exact) mass is 389 g/mol. The maximum atomic E-state index is 14.1. The number of aromatic nitrogens is 1. The molecule has 0 spiro atoms. The molecule has 0 amide bonds. The summed E-state index contributed by atoms with van der Waals surface area (Å²) in [5, 5.41) is 10.3. The van der Waals surface area contributed by atoms with E-state index in [2.05, 4.69) is 10.6 Å². The molecule has 1 saturated carbocycles. The van der Waals surface area contributed by atoms with Crippen molar-refractivity contribution >= 4 is 0 Å². The predicted octanol–water partition coefficient (Wildman–Crippen LogP) is 2.65. The molecule has 1 aliphatic carbocycles. The van der Waals surface area contributed by atoms with Crippen LogP contribution in [0.4, 0.5) is 4.39 Å². The van der Waals surface area contributed by atoms with Gasteiger partial charge in [0, 0.05) is 24.8 Å². The summed E-state index contributed by atoms with van der Waals surface area (Å²) in [6.45, 7) is 3.48. The molecule has 4 nitrogen and oxygen atoms in total.